The smallest absolute Gasteiger partial charge is 0.410 e. The fourth-order valence-corrected chi connectivity index (χ4v) is 4.25. The Morgan fingerprint density at radius 1 is 1.15 bits per heavy atom. The van der Waals surface area contributed by atoms with E-state index >= 15 is 0 Å². The molecule has 1 fully saturated rings. The number of carbonyl (C=O) groups is 1. The number of benzene rings is 2. The van der Waals surface area contributed by atoms with Crippen molar-refractivity contribution in [3.05, 3.63) is 54.6 Å². The molecule has 2 aromatic carbocycles. The molecule has 3 rings (SSSR count). The van der Waals surface area contributed by atoms with Gasteiger partial charge in [-0.15, -0.1) is 0 Å². The van der Waals surface area contributed by atoms with E-state index < -0.39 is 16.1 Å². The first-order valence-electron chi connectivity index (χ1n) is 8.20. The monoisotopic (exact) mass is 376 g/mol. The summed E-state index contributed by atoms with van der Waals surface area (Å²) in [5.41, 5.74) is 0.444. The van der Waals surface area contributed by atoms with Crippen LogP contribution in [0.5, 0.6) is 5.75 Å². The van der Waals surface area contributed by atoms with Crippen LogP contribution in [-0.4, -0.2) is 44.6 Å². The van der Waals surface area contributed by atoms with Crippen molar-refractivity contribution in [2.75, 3.05) is 25.1 Å². The lowest BCUT2D eigenvalue weighted by Gasteiger charge is -2.32. The quantitative estimate of drug-likeness (QED) is 0.887. The van der Waals surface area contributed by atoms with Gasteiger partial charge in [0.2, 0.25) is 10.0 Å². The molecule has 1 amide bonds. The van der Waals surface area contributed by atoms with Crippen molar-refractivity contribution in [2.24, 2.45) is 0 Å². The molecule has 138 valence electrons. The molecule has 1 aliphatic rings. The van der Waals surface area contributed by atoms with Crippen LogP contribution in [0.25, 0.3) is 0 Å². The largest absolute Gasteiger partial charge is 0.417 e. The zero-order chi connectivity index (χ0) is 18.6. The van der Waals surface area contributed by atoms with Gasteiger partial charge in [-0.25, -0.2) is 13.2 Å². The van der Waals surface area contributed by atoms with Gasteiger partial charge in [0.05, 0.1) is 18.1 Å². The van der Waals surface area contributed by atoms with Gasteiger partial charge in [0.1, 0.15) is 5.75 Å². The Bertz CT molecular complexity index is 853. The summed E-state index contributed by atoms with van der Waals surface area (Å²) in [6, 6.07) is 14.5. The number of nitrogens with one attached hydrogen (secondary N) is 1. The van der Waals surface area contributed by atoms with E-state index in [1.165, 1.54) is 28.6 Å². The highest BCUT2D eigenvalue weighted by Gasteiger charge is 2.31. The summed E-state index contributed by atoms with van der Waals surface area (Å²) in [5.74, 6) is 0.422. The molecule has 1 unspecified atom stereocenters. The Hall–Kier alpha value is -2.42. The minimum absolute atomic E-state index is 0.174. The van der Waals surface area contributed by atoms with Crippen molar-refractivity contribution in [1.29, 1.82) is 0 Å². The Kier molecular flexibility index (Phi) is 5.55. The molecule has 1 aliphatic heterocycles. The van der Waals surface area contributed by atoms with Crippen LogP contribution < -0.4 is 10.1 Å². The molecule has 0 aromatic heterocycles. The molecule has 1 atom stereocenters. The van der Waals surface area contributed by atoms with Crippen LogP contribution in [-0.2, 0) is 14.8 Å². The second-order valence-corrected chi connectivity index (χ2v) is 7.78. The summed E-state index contributed by atoms with van der Waals surface area (Å²) >= 11 is 0. The number of carbonyl (C=O) groups excluding carboxylic acids is 1. The molecule has 2 aromatic rings. The minimum Gasteiger partial charge on any atom is -0.410 e. The third kappa shape index (κ3) is 4.21. The molecule has 26 heavy (non-hydrogen) atoms. The number of para-hydroxylation sites is 1. The molecule has 0 spiro atoms. The van der Waals surface area contributed by atoms with Crippen LogP contribution in [0.1, 0.15) is 6.92 Å². The van der Waals surface area contributed by atoms with E-state index in [4.69, 9.17) is 9.47 Å². The van der Waals surface area contributed by atoms with Crippen molar-refractivity contribution in [3.8, 4) is 5.75 Å². The maximum atomic E-state index is 12.7. The third-order valence-electron chi connectivity index (χ3n) is 3.97. The summed E-state index contributed by atoms with van der Waals surface area (Å²) in [6.45, 7) is 2.90. The summed E-state index contributed by atoms with van der Waals surface area (Å²) in [6.07, 6.45) is -0.645. The second kappa shape index (κ2) is 7.86. The number of amides is 1. The van der Waals surface area contributed by atoms with Crippen LogP contribution in [0, 0.1) is 0 Å². The van der Waals surface area contributed by atoms with Crippen molar-refractivity contribution in [2.45, 2.75) is 17.9 Å². The van der Waals surface area contributed by atoms with Gasteiger partial charge >= 0.3 is 6.09 Å². The first-order chi connectivity index (χ1) is 12.5. The molecule has 0 saturated carbocycles. The van der Waals surface area contributed by atoms with Crippen molar-refractivity contribution in [3.63, 3.8) is 0 Å². The molecule has 0 radical (unpaired) electrons. The Morgan fingerprint density at radius 2 is 1.85 bits per heavy atom. The normalized spacial score (nSPS) is 18.3. The SMILES string of the molecule is CC1COCCN1S(=O)(=O)c1ccc(NC(=O)Oc2ccccc2)cc1. The first kappa shape index (κ1) is 18.4. The van der Waals surface area contributed by atoms with Crippen LogP contribution in [0.4, 0.5) is 10.5 Å². The van der Waals surface area contributed by atoms with E-state index in [2.05, 4.69) is 5.32 Å². The maximum Gasteiger partial charge on any atom is 0.417 e. The van der Waals surface area contributed by atoms with Gasteiger partial charge in [0.15, 0.2) is 0 Å². The topological polar surface area (TPSA) is 84.9 Å². The van der Waals surface area contributed by atoms with Gasteiger partial charge in [-0.1, -0.05) is 18.2 Å². The second-order valence-electron chi connectivity index (χ2n) is 5.89. The zero-order valence-corrected chi connectivity index (χ0v) is 15.1. The molecule has 1 saturated heterocycles. The average molecular weight is 376 g/mol. The van der Waals surface area contributed by atoms with Crippen LogP contribution in [0.3, 0.4) is 0 Å². The molecular weight excluding hydrogens is 356 g/mol. The van der Waals surface area contributed by atoms with E-state index in [-0.39, 0.29) is 10.9 Å². The molecule has 1 heterocycles. The number of ether oxygens (including phenoxy) is 2. The number of hydrogen-bond donors (Lipinski definition) is 1. The Balaban J connectivity index is 1.67. The lowest BCUT2D eigenvalue weighted by molar-refractivity contribution is 0.0393. The number of rotatable bonds is 4. The molecule has 0 aliphatic carbocycles. The first-order valence-corrected chi connectivity index (χ1v) is 9.64. The van der Waals surface area contributed by atoms with E-state index in [9.17, 15) is 13.2 Å². The van der Waals surface area contributed by atoms with E-state index in [1.807, 2.05) is 13.0 Å². The van der Waals surface area contributed by atoms with Gasteiger partial charge in [0.25, 0.3) is 0 Å². The minimum atomic E-state index is -3.60. The van der Waals surface area contributed by atoms with E-state index in [0.29, 0.717) is 31.2 Å². The Morgan fingerprint density at radius 3 is 2.50 bits per heavy atom. The van der Waals surface area contributed by atoms with Crippen LogP contribution in [0.15, 0.2) is 59.5 Å². The lowest BCUT2D eigenvalue weighted by Crippen LogP contribution is -2.46. The molecular formula is C18H20N2O5S. The molecule has 8 heteroatoms. The van der Waals surface area contributed by atoms with Crippen molar-refractivity contribution >= 4 is 21.8 Å². The van der Waals surface area contributed by atoms with Crippen LogP contribution in [0.2, 0.25) is 0 Å². The molecule has 0 bridgehead atoms. The van der Waals surface area contributed by atoms with Gasteiger partial charge in [-0.3, -0.25) is 5.32 Å². The highest BCUT2D eigenvalue weighted by molar-refractivity contribution is 7.89. The number of anilines is 1. The summed E-state index contributed by atoms with van der Waals surface area (Å²) in [4.78, 5) is 12.1. The predicted molar refractivity (Wildman–Crippen MR) is 96.7 cm³/mol. The van der Waals surface area contributed by atoms with Gasteiger partial charge in [0, 0.05) is 18.3 Å². The van der Waals surface area contributed by atoms with Crippen LogP contribution >= 0.6 is 0 Å². The number of hydrogen-bond acceptors (Lipinski definition) is 5. The molecule has 7 nitrogen and oxygen atoms in total. The highest BCUT2D eigenvalue weighted by Crippen LogP contribution is 2.22. The van der Waals surface area contributed by atoms with Gasteiger partial charge in [-0.2, -0.15) is 4.31 Å². The average Bonchev–Trinajstić information content (AvgIpc) is 2.63. The maximum absolute atomic E-state index is 12.7. The standard InChI is InChI=1S/C18H20N2O5S/c1-14-13-24-12-11-20(14)26(22,23)17-9-7-15(8-10-17)19-18(21)25-16-5-3-2-4-6-16/h2-10,14H,11-13H2,1H3,(H,19,21). The van der Waals surface area contributed by atoms with E-state index in [0.717, 1.165) is 0 Å². The van der Waals surface area contributed by atoms with Crippen molar-refractivity contribution in [1.82, 2.24) is 4.31 Å². The number of sulfonamides is 1. The number of nitrogens with zero attached hydrogens (tertiary/aromatic N) is 1. The lowest BCUT2D eigenvalue weighted by atomic mass is 10.3. The third-order valence-corrected chi connectivity index (χ3v) is 6.00. The predicted octanol–water partition coefficient (Wildman–Crippen LogP) is 2.71. The summed E-state index contributed by atoms with van der Waals surface area (Å²) in [5, 5.41) is 2.57. The zero-order valence-electron chi connectivity index (χ0n) is 14.3. The summed E-state index contributed by atoms with van der Waals surface area (Å²) < 4.78 is 37.3. The highest BCUT2D eigenvalue weighted by atomic mass is 32.2. The number of morpholine rings is 1. The fraction of sp³-hybridized carbons (Fsp3) is 0.278. The molecule has 1 N–H and O–H groups in total. The fourth-order valence-electron chi connectivity index (χ4n) is 2.65. The van der Waals surface area contributed by atoms with E-state index in [1.54, 1.807) is 24.3 Å². The van der Waals surface area contributed by atoms with Gasteiger partial charge < -0.3 is 9.47 Å². The van der Waals surface area contributed by atoms with Crippen molar-refractivity contribution < 1.29 is 22.7 Å². The Labute approximate surface area is 152 Å². The van der Waals surface area contributed by atoms with Gasteiger partial charge in [-0.05, 0) is 43.3 Å². The summed E-state index contributed by atoms with van der Waals surface area (Å²) in [7, 11) is -3.60.